The van der Waals surface area contributed by atoms with Crippen LogP contribution in [0.25, 0.3) is 22.3 Å². The largest absolute Gasteiger partial charge is 0.756 e. The second-order valence-corrected chi connectivity index (χ2v) is 18.4. The summed E-state index contributed by atoms with van der Waals surface area (Å²) in [7, 11) is -18.4. The standard InChI is InChI=1S/C29H36ClN10O18P3/c1-12-19(41)15(55-26(12)40-11-38(18-23(40)35-29(32)37-25(18)45)6-7-52-14-4-2-13(30)3-5-14)8-53-59(46,47)57-61(50,51)58-60(48,49)54-9-16-20(42)21(43)27(56-16)39-10-33-17-22(39)34-28(31)36-24(17)44/h2-5,10-12,15-16,19-21,26-27,41-43H,6-9H2,1H3,(H8-,31,32,34,35,36,37,44,45,46,47,48,49,50,51)/p-2/t12-,15-,16-,19+,20-,21-,26-,27-/m1/s1. The highest BCUT2D eigenvalue weighted by Crippen LogP contribution is 2.63. The minimum atomic E-state index is -6.38. The summed E-state index contributed by atoms with van der Waals surface area (Å²) in [6.07, 6.45) is -8.56. The first-order chi connectivity index (χ1) is 28.6. The summed E-state index contributed by atoms with van der Waals surface area (Å²) in [4.78, 5) is 79.0. The number of rotatable bonds is 16. The van der Waals surface area contributed by atoms with Gasteiger partial charge in [0.15, 0.2) is 29.9 Å². The van der Waals surface area contributed by atoms with Crippen molar-refractivity contribution in [3.05, 3.63) is 62.7 Å². The van der Waals surface area contributed by atoms with E-state index in [9.17, 15) is 53.3 Å². The van der Waals surface area contributed by atoms with Crippen molar-refractivity contribution in [1.29, 1.82) is 0 Å². The highest BCUT2D eigenvalue weighted by molar-refractivity contribution is 7.65. The van der Waals surface area contributed by atoms with Crippen LogP contribution in [-0.4, -0.2) is 99.7 Å². The van der Waals surface area contributed by atoms with Gasteiger partial charge in [0.2, 0.25) is 11.5 Å². The molecule has 3 unspecified atom stereocenters. The monoisotopic (exact) mass is 938 g/mol. The number of aromatic amines is 2. The fourth-order valence-corrected chi connectivity index (χ4v) is 10.0. The van der Waals surface area contributed by atoms with E-state index in [2.05, 4.69) is 42.6 Å². The number of aliphatic hydroxyl groups excluding tert-OH is 3. The van der Waals surface area contributed by atoms with Crippen molar-refractivity contribution in [2.45, 2.75) is 56.4 Å². The molecular formula is C29H34ClN10O18P3-2. The van der Waals surface area contributed by atoms with E-state index in [1.165, 1.54) is 22.4 Å². The lowest BCUT2D eigenvalue weighted by Gasteiger charge is -2.34. The summed E-state index contributed by atoms with van der Waals surface area (Å²) in [6, 6.07) is 6.54. The molecule has 332 valence electrons. The van der Waals surface area contributed by atoms with Gasteiger partial charge in [0.25, 0.3) is 40.5 Å². The number of halogens is 1. The maximum Gasteiger partial charge on any atom is 0.313 e. The Kier molecular flexibility index (Phi) is 12.6. The predicted octanol–water partition coefficient (Wildman–Crippen LogP) is -2.97. The summed E-state index contributed by atoms with van der Waals surface area (Å²) >= 11 is 5.92. The van der Waals surface area contributed by atoms with Crippen molar-refractivity contribution >= 4 is 69.3 Å². The number of imidazole rings is 2. The molecule has 0 spiro atoms. The molecule has 0 amide bonds. The number of nitrogens with zero attached hydrogens (tertiary/aromatic N) is 6. The van der Waals surface area contributed by atoms with Gasteiger partial charge < -0.3 is 64.7 Å². The van der Waals surface area contributed by atoms with Crippen LogP contribution in [0.1, 0.15) is 19.4 Å². The Morgan fingerprint density at radius 3 is 2.15 bits per heavy atom. The number of phosphoric ester groups is 2. The number of hydrogen-bond donors (Lipinski definition) is 7. The quantitative estimate of drug-likeness (QED) is 0.0383. The Morgan fingerprint density at radius 2 is 1.49 bits per heavy atom. The number of H-pyrrole nitrogens is 2. The molecule has 4 aromatic heterocycles. The molecule has 9 N–H and O–H groups in total. The van der Waals surface area contributed by atoms with Crippen LogP contribution in [0.15, 0.2) is 46.5 Å². The molecule has 6 heterocycles. The number of ether oxygens (including phenoxy) is 3. The maximum absolute atomic E-state index is 13.0. The van der Waals surface area contributed by atoms with E-state index in [0.29, 0.717) is 10.8 Å². The number of fused-ring (bicyclic) bond motifs is 2. The average Bonchev–Trinajstić information content (AvgIpc) is 3.89. The van der Waals surface area contributed by atoms with Crippen molar-refractivity contribution in [1.82, 2.24) is 34.1 Å². The first-order valence-corrected chi connectivity index (χ1v) is 22.3. The molecular weight excluding hydrogens is 905 g/mol. The number of aliphatic hydroxyl groups is 3. The number of hydrogen-bond acceptors (Lipinski definition) is 23. The second-order valence-electron chi connectivity index (χ2n) is 13.5. The van der Waals surface area contributed by atoms with Gasteiger partial charge in [-0.05, 0) is 24.3 Å². The van der Waals surface area contributed by atoms with Crippen LogP contribution in [-0.2, 0) is 47.4 Å². The van der Waals surface area contributed by atoms with Crippen LogP contribution in [0.4, 0.5) is 11.9 Å². The van der Waals surface area contributed by atoms with Gasteiger partial charge in [-0.15, -0.1) is 0 Å². The second kappa shape index (κ2) is 17.2. The minimum Gasteiger partial charge on any atom is -0.756 e. The van der Waals surface area contributed by atoms with Gasteiger partial charge in [0, 0.05) is 10.9 Å². The molecule has 7 rings (SSSR count). The maximum atomic E-state index is 13.0. The van der Waals surface area contributed by atoms with Crippen molar-refractivity contribution in [2.24, 2.45) is 5.92 Å². The highest BCUT2D eigenvalue weighted by Gasteiger charge is 2.47. The smallest absolute Gasteiger partial charge is 0.313 e. The van der Waals surface area contributed by atoms with E-state index in [1.807, 2.05) is 0 Å². The van der Waals surface area contributed by atoms with Crippen LogP contribution in [0.3, 0.4) is 0 Å². The van der Waals surface area contributed by atoms with E-state index < -0.39 is 96.7 Å². The average molecular weight is 939 g/mol. The first-order valence-electron chi connectivity index (χ1n) is 17.5. The van der Waals surface area contributed by atoms with E-state index in [4.69, 9.17) is 37.3 Å². The Bertz CT molecular complexity index is 2700. The summed E-state index contributed by atoms with van der Waals surface area (Å²) in [6.45, 7) is -0.570. The third-order valence-corrected chi connectivity index (χ3v) is 13.7. The normalized spacial score (nSPS) is 27.3. The van der Waals surface area contributed by atoms with E-state index >= 15 is 0 Å². The summed E-state index contributed by atoms with van der Waals surface area (Å²) in [5, 5.41) is 32.5. The Morgan fingerprint density at radius 1 is 0.885 bits per heavy atom. The molecule has 2 fully saturated rings. The molecule has 0 saturated carbocycles. The number of aromatic nitrogens is 8. The third-order valence-electron chi connectivity index (χ3n) is 9.32. The van der Waals surface area contributed by atoms with Crippen LogP contribution in [0.5, 0.6) is 5.75 Å². The summed E-state index contributed by atoms with van der Waals surface area (Å²) in [5.41, 5.74) is 9.66. The first kappa shape index (κ1) is 44.9. The van der Waals surface area contributed by atoms with Gasteiger partial charge in [-0.3, -0.25) is 42.4 Å². The lowest BCUT2D eigenvalue weighted by Crippen LogP contribution is -2.43. The topological polar surface area (TPSA) is 416 Å². The molecule has 0 radical (unpaired) electrons. The molecule has 11 atom stereocenters. The molecule has 5 aromatic rings. The number of phosphoric acid groups is 3. The molecule has 1 aromatic carbocycles. The van der Waals surface area contributed by atoms with Crippen molar-refractivity contribution in [3.63, 3.8) is 0 Å². The van der Waals surface area contributed by atoms with Gasteiger partial charge in [-0.2, -0.15) is 4.98 Å². The lowest BCUT2D eigenvalue weighted by molar-refractivity contribution is -0.745. The van der Waals surface area contributed by atoms with E-state index in [0.717, 1.165) is 10.9 Å². The predicted molar refractivity (Wildman–Crippen MR) is 196 cm³/mol. The number of nitrogens with two attached hydrogens (primary N) is 2. The summed E-state index contributed by atoms with van der Waals surface area (Å²) in [5.74, 6) is -0.936. The van der Waals surface area contributed by atoms with Crippen molar-refractivity contribution < 1.29 is 80.1 Å². The fourth-order valence-electron chi connectivity index (χ4n) is 6.53. The van der Waals surface area contributed by atoms with Gasteiger partial charge in [-0.25, -0.2) is 18.2 Å². The molecule has 61 heavy (non-hydrogen) atoms. The van der Waals surface area contributed by atoms with E-state index in [-0.39, 0.29) is 47.4 Å². The zero-order valence-electron chi connectivity index (χ0n) is 30.9. The number of nitrogens with one attached hydrogen (secondary N) is 2. The lowest BCUT2D eigenvalue weighted by atomic mass is 10.0. The molecule has 32 heteroatoms. The van der Waals surface area contributed by atoms with Gasteiger partial charge >= 0.3 is 5.65 Å². The van der Waals surface area contributed by atoms with Crippen molar-refractivity contribution in [2.75, 3.05) is 31.3 Å². The van der Waals surface area contributed by atoms with Gasteiger partial charge in [-0.1, -0.05) is 23.5 Å². The Hall–Kier alpha value is -4.18. The molecule has 28 nitrogen and oxygen atoms in total. The summed E-state index contributed by atoms with van der Waals surface area (Å²) < 4.78 is 75.2. The highest BCUT2D eigenvalue weighted by atomic mass is 35.5. The van der Waals surface area contributed by atoms with Crippen molar-refractivity contribution in [3.8, 4) is 5.75 Å². The Labute approximate surface area is 345 Å². The number of benzene rings is 1. The van der Waals surface area contributed by atoms with Crippen LogP contribution >= 0.6 is 35.1 Å². The fraction of sp³-hybridized carbons (Fsp3) is 0.448. The van der Waals surface area contributed by atoms with Gasteiger partial charge in [0.1, 0.15) is 43.3 Å². The van der Waals surface area contributed by atoms with E-state index in [1.54, 1.807) is 24.3 Å². The zero-order chi connectivity index (χ0) is 44.2. The minimum absolute atomic E-state index is 0.0161. The SMILES string of the molecule is C[C@@H]1[C@H](O)[C@@H](COP(=O)([O-])OP(=O)([O-])OP(=O)([O-])OC[C@H]2O[C@@H](n3cnc4c(=O)[nH]c(N)nc43)[C@H](O)[C@@H]2O)O[C@H]1[n+]1cn(CCOc2ccc(Cl)cc2)c2c(=O)[nH]c(N)nc21. The van der Waals surface area contributed by atoms with Gasteiger partial charge in [0.05, 0.1) is 25.6 Å². The Balaban J connectivity index is 0.952. The van der Waals surface area contributed by atoms with Crippen LogP contribution in [0.2, 0.25) is 5.02 Å². The van der Waals surface area contributed by atoms with Crippen LogP contribution < -0.4 is 46.6 Å². The molecule has 2 aliphatic rings. The number of nitrogen functional groups attached to an aromatic ring is 2. The molecule has 2 saturated heterocycles. The molecule has 0 bridgehead atoms. The third kappa shape index (κ3) is 9.74. The zero-order valence-corrected chi connectivity index (χ0v) is 34.4. The molecule has 2 aliphatic heterocycles. The van der Waals surface area contributed by atoms with Crippen LogP contribution in [0, 0.1) is 5.92 Å². The molecule has 0 aliphatic carbocycles. The number of anilines is 2.